The van der Waals surface area contributed by atoms with Crippen LogP contribution in [0.15, 0.2) is 60.0 Å². The Balaban J connectivity index is 1.50. The number of hydrogen-bond acceptors (Lipinski definition) is 4. The van der Waals surface area contributed by atoms with Crippen LogP contribution in [0.2, 0.25) is 5.02 Å². The molecule has 1 aliphatic rings. The number of ether oxygens (including phenoxy) is 1. The first-order valence-electron chi connectivity index (χ1n) is 11.9. The van der Waals surface area contributed by atoms with Crippen molar-refractivity contribution in [1.82, 2.24) is 9.80 Å². The number of thiophene rings is 1. The first kappa shape index (κ1) is 26.0. The molecule has 2 aromatic carbocycles. The highest BCUT2D eigenvalue weighted by molar-refractivity contribution is 7.10. The van der Waals surface area contributed by atoms with Crippen molar-refractivity contribution in [3.8, 4) is 5.75 Å². The van der Waals surface area contributed by atoms with Crippen LogP contribution in [0.25, 0.3) is 0 Å². The van der Waals surface area contributed by atoms with E-state index in [1.54, 1.807) is 57.5 Å². The lowest BCUT2D eigenvalue weighted by Gasteiger charge is -2.38. The van der Waals surface area contributed by atoms with Gasteiger partial charge in [-0.15, -0.1) is 11.3 Å². The van der Waals surface area contributed by atoms with Gasteiger partial charge in [0.05, 0.1) is 6.04 Å². The fraction of sp³-hybridized carbons (Fsp3) is 0.333. The summed E-state index contributed by atoms with van der Waals surface area (Å²) < 4.78 is 19.2. The third-order valence-corrected chi connectivity index (χ3v) is 7.63. The van der Waals surface area contributed by atoms with Gasteiger partial charge in [0.2, 0.25) is 5.91 Å². The highest BCUT2D eigenvalue weighted by Crippen LogP contribution is 2.34. The minimum Gasteiger partial charge on any atom is -0.491 e. The van der Waals surface area contributed by atoms with E-state index in [1.165, 1.54) is 17.0 Å². The van der Waals surface area contributed by atoms with Gasteiger partial charge in [0.1, 0.15) is 24.7 Å². The third-order valence-electron chi connectivity index (χ3n) is 6.40. The Bertz CT molecular complexity index is 1200. The molecule has 0 saturated heterocycles. The molecule has 190 valence electrons. The van der Waals surface area contributed by atoms with Gasteiger partial charge in [0, 0.05) is 28.2 Å². The van der Waals surface area contributed by atoms with E-state index in [9.17, 15) is 14.0 Å². The van der Waals surface area contributed by atoms with E-state index in [0.717, 1.165) is 12.0 Å². The van der Waals surface area contributed by atoms with Gasteiger partial charge in [0.15, 0.2) is 0 Å². The number of hydrogen-bond donors (Lipinski definition) is 1. The number of rotatable bonds is 8. The maximum atomic E-state index is 13.6. The monoisotopic (exact) mass is 529 g/mol. The standard InChI is InChI=1S/C27H29ClFN3O3S/c1-3-18(2)32(27(34)30-21-6-4-5-19(28)15-21)16-26(33)31-13-11-25-23(12-14-36-25)24(31)17-35-22-9-7-20(29)8-10-22/h4-10,12,14-15,18,24H,3,11,13,16-17H2,1-2H3,(H,30,34)/t18-,24-/m0/s1. The normalized spacial score (nSPS) is 15.7. The Morgan fingerprint density at radius 2 is 2.03 bits per heavy atom. The third kappa shape index (κ3) is 6.17. The van der Waals surface area contributed by atoms with Crippen LogP contribution in [0, 0.1) is 5.82 Å². The SMILES string of the molecule is CC[C@H](C)N(CC(=O)N1CCc2sccc2[C@@H]1COc1ccc(F)cc1)C(=O)Nc1cccc(Cl)c1. The number of carbonyl (C=O) groups is 2. The molecule has 3 aromatic rings. The minimum absolute atomic E-state index is 0.0616. The Kier molecular flexibility index (Phi) is 8.48. The Morgan fingerprint density at radius 3 is 2.75 bits per heavy atom. The highest BCUT2D eigenvalue weighted by Gasteiger charge is 2.34. The number of benzene rings is 2. The lowest BCUT2D eigenvalue weighted by atomic mass is 10.00. The lowest BCUT2D eigenvalue weighted by molar-refractivity contribution is -0.135. The van der Waals surface area contributed by atoms with Crippen LogP contribution in [-0.2, 0) is 11.2 Å². The van der Waals surface area contributed by atoms with Crippen LogP contribution in [0.5, 0.6) is 5.75 Å². The van der Waals surface area contributed by atoms with Gasteiger partial charge in [-0.2, -0.15) is 0 Å². The number of urea groups is 1. The number of carbonyl (C=O) groups excluding carboxylic acids is 2. The van der Waals surface area contributed by atoms with Crippen molar-refractivity contribution < 1.29 is 18.7 Å². The molecule has 0 aliphatic carbocycles. The zero-order valence-electron chi connectivity index (χ0n) is 20.2. The molecular weight excluding hydrogens is 501 g/mol. The predicted molar refractivity (Wildman–Crippen MR) is 141 cm³/mol. The number of nitrogens with one attached hydrogen (secondary N) is 1. The fourth-order valence-electron chi connectivity index (χ4n) is 4.23. The summed E-state index contributed by atoms with van der Waals surface area (Å²) in [5.41, 5.74) is 1.62. The van der Waals surface area contributed by atoms with Gasteiger partial charge in [-0.05, 0) is 79.2 Å². The number of halogens is 2. The molecule has 2 heterocycles. The second-order valence-corrected chi connectivity index (χ2v) is 10.2. The van der Waals surface area contributed by atoms with E-state index in [1.807, 2.05) is 25.3 Å². The topological polar surface area (TPSA) is 61.9 Å². The number of nitrogens with zero attached hydrogens (tertiary/aromatic N) is 2. The van der Waals surface area contributed by atoms with Crippen molar-refractivity contribution in [2.45, 2.75) is 38.8 Å². The van der Waals surface area contributed by atoms with Crippen molar-refractivity contribution >= 4 is 40.6 Å². The molecule has 1 aromatic heterocycles. The van der Waals surface area contributed by atoms with Gasteiger partial charge in [-0.3, -0.25) is 4.79 Å². The summed E-state index contributed by atoms with van der Waals surface area (Å²) in [7, 11) is 0. The smallest absolute Gasteiger partial charge is 0.322 e. The number of fused-ring (bicyclic) bond motifs is 1. The molecule has 2 atom stereocenters. The molecule has 4 rings (SSSR count). The second kappa shape index (κ2) is 11.8. The molecular formula is C27H29ClFN3O3S. The quantitative estimate of drug-likeness (QED) is 0.368. The summed E-state index contributed by atoms with van der Waals surface area (Å²) in [5, 5.41) is 5.40. The Morgan fingerprint density at radius 1 is 1.25 bits per heavy atom. The maximum absolute atomic E-state index is 13.6. The lowest BCUT2D eigenvalue weighted by Crippen LogP contribution is -2.50. The molecule has 0 spiro atoms. The Labute approximate surface area is 219 Å². The summed E-state index contributed by atoms with van der Waals surface area (Å²) in [6.07, 6.45) is 1.45. The van der Waals surface area contributed by atoms with Gasteiger partial charge in [-0.25, -0.2) is 9.18 Å². The highest BCUT2D eigenvalue weighted by atomic mass is 35.5. The van der Waals surface area contributed by atoms with Crippen LogP contribution in [0.3, 0.4) is 0 Å². The van der Waals surface area contributed by atoms with Crippen LogP contribution >= 0.6 is 22.9 Å². The van der Waals surface area contributed by atoms with E-state index in [-0.39, 0.29) is 43.0 Å². The predicted octanol–water partition coefficient (Wildman–Crippen LogP) is 6.38. The van der Waals surface area contributed by atoms with E-state index in [0.29, 0.717) is 29.4 Å². The van der Waals surface area contributed by atoms with E-state index in [4.69, 9.17) is 16.3 Å². The molecule has 0 bridgehead atoms. The zero-order valence-corrected chi connectivity index (χ0v) is 21.8. The molecule has 0 unspecified atom stereocenters. The van der Waals surface area contributed by atoms with E-state index < -0.39 is 0 Å². The van der Waals surface area contributed by atoms with Gasteiger partial charge >= 0.3 is 6.03 Å². The van der Waals surface area contributed by atoms with Gasteiger partial charge in [0.25, 0.3) is 0 Å². The largest absolute Gasteiger partial charge is 0.491 e. The van der Waals surface area contributed by atoms with Crippen LogP contribution in [0.1, 0.15) is 36.8 Å². The summed E-state index contributed by atoms with van der Waals surface area (Å²) >= 11 is 7.73. The van der Waals surface area contributed by atoms with Crippen molar-refractivity contribution in [3.05, 3.63) is 81.3 Å². The molecule has 3 amide bonds. The van der Waals surface area contributed by atoms with Gasteiger partial charge < -0.3 is 19.9 Å². The number of amides is 3. The van der Waals surface area contributed by atoms with E-state index in [2.05, 4.69) is 5.32 Å². The van der Waals surface area contributed by atoms with Crippen molar-refractivity contribution in [2.24, 2.45) is 0 Å². The minimum atomic E-state index is -0.354. The second-order valence-electron chi connectivity index (χ2n) is 8.74. The van der Waals surface area contributed by atoms with E-state index >= 15 is 0 Å². The Hall–Kier alpha value is -3.10. The molecule has 1 N–H and O–H groups in total. The molecule has 36 heavy (non-hydrogen) atoms. The zero-order chi connectivity index (χ0) is 25.7. The average Bonchev–Trinajstić information content (AvgIpc) is 3.35. The van der Waals surface area contributed by atoms with Crippen molar-refractivity contribution in [3.63, 3.8) is 0 Å². The van der Waals surface area contributed by atoms with Crippen LogP contribution in [-0.4, -0.2) is 47.5 Å². The molecule has 0 saturated carbocycles. The number of anilines is 1. The van der Waals surface area contributed by atoms with Crippen LogP contribution < -0.4 is 10.1 Å². The molecule has 9 heteroatoms. The summed E-state index contributed by atoms with van der Waals surface area (Å²) in [5.74, 6) is 0.0486. The van der Waals surface area contributed by atoms with Crippen molar-refractivity contribution in [1.29, 1.82) is 0 Å². The first-order valence-corrected chi connectivity index (χ1v) is 13.2. The molecule has 0 fully saturated rings. The summed E-state index contributed by atoms with van der Waals surface area (Å²) in [6.45, 7) is 4.61. The molecule has 6 nitrogen and oxygen atoms in total. The van der Waals surface area contributed by atoms with Crippen molar-refractivity contribution in [2.75, 3.05) is 25.0 Å². The molecule has 0 radical (unpaired) electrons. The maximum Gasteiger partial charge on any atom is 0.322 e. The summed E-state index contributed by atoms with van der Waals surface area (Å²) in [4.78, 5) is 31.4. The summed E-state index contributed by atoms with van der Waals surface area (Å²) in [6, 6.07) is 14.0. The average molecular weight is 530 g/mol. The molecule has 1 aliphatic heterocycles. The fourth-order valence-corrected chi connectivity index (χ4v) is 5.35. The van der Waals surface area contributed by atoms with Crippen LogP contribution in [0.4, 0.5) is 14.9 Å². The van der Waals surface area contributed by atoms with Gasteiger partial charge in [-0.1, -0.05) is 24.6 Å². The first-order chi connectivity index (χ1) is 17.4.